The second-order valence-electron chi connectivity index (χ2n) is 22.2. The standard InChI is InChI=1S/C44H26.C38H24O/c1-4-29-14-16-33-18-22-37(39-24-20-31(6-1)41(29)43(33)39)28-12-10-27(11-13-28)35-8-3-9-36(26-35)38-23-19-34-17-15-30-5-2-7-32-21-25-40(38)44(34)42(30)32;1-3-11-25(12-4-1)27-19-21-35-33(23-27)34-24-28(20-22-36(34)39-35)38-31-17-9-7-15-29(31)37(26-13-5-2-6-14-26)30-16-8-10-18-32(30)38/h1-26H;1-24H. The van der Waals surface area contributed by atoms with E-state index in [-0.39, 0.29) is 0 Å². The summed E-state index contributed by atoms with van der Waals surface area (Å²) in [6, 6.07) is 111. The molecule has 1 nitrogen and oxygen atoms in total. The summed E-state index contributed by atoms with van der Waals surface area (Å²) in [4.78, 5) is 0. The number of rotatable bonds is 6. The molecule has 0 saturated carbocycles. The van der Waals surface area contributed by atoms with E-state index in [0.717, 1.165) is 21.9 Å². The molecule has 17 aromatic carbocycles. The van der Waals surface area contributed by atoms with Gasteiger partial charge in [0.2, 0.25) is 0 Å². The van der Waals surface area contributed by atoms with Gasteiger partial charge in [-0.1, -0.05) is 273 Å². The molecule has 1 aromatic heterocycles. The van der Waals surface area contributed by atoms with Crippen LogP contribution in [0.5, 0.6) is 0 Å². The van der Waals surface area contributed by atoms with Crippen LogP contribution >= 0.6 is 0 Å². The first kappa shape index (κ1) is 47.0. The zero-order valence-electron chi connectivity index (χ0n) is 45.3. The predicted octanol–water partition coefficient (Wildman–Crippen LogP) is 23.4. The van der Waals surface area contributed by atoms with Gasteiger partial charge in [-0.3, -0.25) is 0 Å². The van der Waals surface area contributed by atoms with Crippen LogP contribution in [-0.2, 0) is 0 Å². The third-order valence-electron chi connectivity index (χ3n) is 17.6. The topological polar surface area (TPSA) is 13.1 Å². The van der Waals surface area contributed by atoms with E-state index < -0.39 is 0 Å². The molecule has 0 fully saturated rings. The Morgan fingerprint density at radius 2 is 0.518 bits per heavy atom. The zero-order valence-corrected chi connectivity index (χ0v) is 45.3. The van der Waals surface area contributed by atoms with Gasteiger partial charge in [0.25, 0.3) is 0 Å². The first-order chi connectivity index (χ1) is 41.1. The molecule has 0 aliphatic carbocycles. The van der Waals surface area contributed by atoms with E-state index in [9.17, 15) is 0 Å². The molecule has 1 heterocycles. The van der Waals surface area contributed by atoms with E-state index in [1.54, 1.807) is 0 Å². The van der Waals surface area contributed by atoms with Crippen LogP contribution in [0.15, 0.2) is 308 Å². The van der Waals surface area contributed by atoms with E-state index >= 15 is 0 Å². The Morgan fingerprint density at radius 1 is 0.169 bits per heavy atom. The zero-order chi connectivity index (χ0) is 54.5. The predicted molar refractivity (Wildman–Crippen MR) is 355 cm³/mol. The number of hydrogen-bond donors (Lipinski definition) is 0. The van der Waals surface area contributed by atoms with Crippen LogP contribution in [0.1, 0.15) is 0 Å². The summed E-state index contributed by atoms with van der Waals surface area (Å²) in [7, 11) is 0. The lowest BCUT2D eigenvalue weighted by Crippen LogP contribution is -1.90. The molecule has 0 bridgehead atoms. The Morgan fingerprint density at radius 3 is 1.06 bits per heavy atom. The van der Waals surface area contributed by atoms with Gasteiger partial charge in [0.15, 0.2) is 0 Å². The minimum absolute atomic E-state index is 0.911. The van der Waals surface area contributed by atoms with Crippen molar-refractivity contribution >= 4 is 108 Å². The summed E-state index contributed by atoms with van der Waals surface area (Å²) in [5.74, 6) is 0. The van der Waals surface area contributed by atoms with Crippen molar-refractivity contribution in [1.29, 1.82) is 0 Å². The maximum absolute atomic E-state index is 6.29. The second-order valence-corrected chi connectivity index (χ2v) is 22.2. The van der Waals surface area contributed by atoms with Gasteiger partial charge in [0.05, 0.1) is 0 Å². The summed E-state index contributed by atoms with van der Waals surface area (Å²) in [6.45, 7) is 0. The van der Waals surface area contributed by atoms with Crippen LogP contribution in [-0.4, -0.2) is 0 Å². The minimum Gasteiger partial charge on any atom is -0.456 e. The van der Waals surface area contributed by atoms with Gasteiger partial charge in [-0.2, -0.15) is 0 Å². The smallest absolute Gasteiger partial charge is 0.135 e. The van der Waals surface area contributed by atoms with Gasteiger partial charge in [0.1, 0.15) is 11.2 Å². The quantitative estimate of drug-likeness (QED) is 0.119. The highest BCUT2D eigenvalue weighted by Crippen LogP contribution is 2.46. The Kier molecular flexibility index (Phi) is 10.7. The minimum atomic E-state index is 0.911. The first-order valence-corrected chi connectivity index (χ1v) is 28.7. The summed E-state index contributed by atoms with van der Waals surface area (Å²) in [5.41, 5.74) is 16.7. The number of hydrogen-bond acceptors (Lipinski definition) is 1. The fourth-order valence-electron chi connectivity index (χ4n) is 13.8. The normalized spacial score (nSPS) is 11.9. The van der Waals surface area contributed by atoms with Crippen LogP contribution in [0.3, 0.4) is 0 Å². The summed E-state index contributed by atoms with van der Waals surface area (Å²) in [5, 5.41) is 23.2. The van der Waals surface area contributed by atoms with E-state index in [2.05, 4.69) is 303 Å². The third kappa shape index (κ3) is 7.63. The van der Waals surface area contributed by atoms with Gasteiger partial charge in [-0.15, -0.1) is 0 Å². The molecule has 384 valence electrons. The van der Waals surface area contributed by atoms with E-state index in [4.69, 9.17) is 4.42 Å². The van der Waals surface area contributed by atoms with Crippen molar-refractivity contribution in [3.8, 4) is 66.8 Å². The molecule has 1 heteroatoms. The van der Waals surface area contributed by atoms with Crippen molar-refractivity contribution in [3.05, 3.63) is 303 Å². The molecular formula is C82H50O. The summed E-state index contributed by atoms with van der Waals surface area (Å²) in [6.07, 6.45) is 0. The fraction of sp³-hybridized carbons (Fsp3) is 0. The highest BCUT2D eigenvalue weighted by atomic mass is 16.3. The fourth-order valence-corrected chi connectivity index (χ4v) is 13.8. The molecule has 0 saturated heterocycles. The average Bonchev–Trinajstić information content (AvgIpc) is 4.15. The van der Waals surface area contributed by atoms with Crippen LogP contribution in [0.4, 0.5) is 0 Å². The second kappa shape index (κ2) is 18.9. The Balaban J connectivity index is 0.000000132. The van der Waals surface area contributed by atoms with Crippen molar-refractivity contribution in [3.63, 3.8) is 0 Å². The van der Waals surface area contributed by atoms with Crippen molar-refractivity contribution in [2.75, 3.05) is 0 Å². The SMILES string of the molecule is c1cc(-c2ccc(-c3ccc4ccc5cccc6ccc3c4c56)cc2)cc(-c2ccc3ccc4cccc5ccc2c3c45)c1.c1ccc(-c2ccc3oc4ccc(-c5c6ccccc6c(-c6ccccc6)c6ccccc56)cc4c3c2)cc1. The maximum atomic E-state index is 6.29. The van der Waals surface area contributed by atoms with Crippen molar-refractivity contribution in [2.45, 2.75) is 0 Å². The molecule has 18 aromatic rings. The molecule has 18 rings (SSSR count). The van der Waals surface area contributed by atoms with Crippen molar-refractivity contribution in [1.82, 2.24) is 0 Å². The maximum Gasteiger partial charge on any atom is 0.135 e. The first-order valence-electron chi connectivity index (χ1n) is 28.7. The number of fused-ring (bicyclic) bond motifs is 5. The summed E-state index contributed by atoms with van der Waals surface area (Å²) < 4.78 is 6.29. The number of benzene rings is 17. The highest BCUT2D eigenvalue weighted by Gasteiger charge is 2.19. The molecule has 0 spiro atoms. The van der Waals surface area contributed by atoms with E-state index in [1.165, 1.54) is 153 Å². The Hall–Kier alpha value is -10.9. The molecule has 83 heavy (non-hydrogen) atoms. The van der Waals surface area contributed by atoms with Crippen LogP contribution in [0.25, 0.3) is 175 Å². The molecule has 0 N–H and O–H groups in total. The molecule has 0 unspecified atom stereocenters. The molecular weight excluding hydrogens is 1000 g/mol. The monoisotopic (exact) mass is 1050 g/mol. The lowest BCUT2D eigenvalue weighted by atomic mass is 9.86. The largest absolute Gasteiger partial charge is 0.456 e. The van der Waals surface area contributed by atoms with Gasteiger partial charge in [0, 0.05) is 10.8 Å². The number of furan rings is 1. The van der Waals surface area contributed by atoms with Crippen LogP contribution in [0.2, 0.25) is 0 Å². The van der Waals surface area contributed by atoms with E-state index in [1.807, 2.05) is 0 Å². The molecule has 0 aliphatic heterocycles. The van der Waals surface area contributed by atoms with Gasteiger partial charge >= 0.3 is 0 Å². The molecule has 0 atom stereocenters. The van der Waals surface area contributed by atoms with Gasteiger partial charge < -0.3 is 4.42 Å². The third-order valence-corrected chi connectivity index (χ3v) is 17.6. The summed E-state index contributed by atoms with van der Waals surface area (Å²) >= 11 is 0. The molecule has 0 radical (unpaired) electrons. The highest BCUT2D eigenvalue weighted by molar-refractivity contribution is 6.27. The van der Waals surface area contributed by atoms with Crippen molar-refractivity contribution < 1.29 is 4.42 Å². The lowest BCUT2D eigenvalue weighted by molar-refractivity contribution is 0.669. The van der Waals surface area contributed by atoms with Crippen molar-refractivity contribution in [2.24, 2.45) is 0 Å². The Labute approximate surface area is 479 Å². The van der Waals surface area contributed by atoms with Gasteiger partial charge in [-0.25, -0.2) is 0 Å². The van der Waals surface area contributed by atoms with Gasteiger partial charge in [-0.05, 0) is 183 Å². The van der Waals surface area contributed by atoms with Crippen LogP contribution < -0.4 is 0 Å². The lowest BCUT2D eigenvalue weighted by Gasteiger charge is -2.17. The van der Waals surface area contributed by atoms with E-state index in [0.29, 0.717) is 0 Å². The average molecular weight is 1050 g/mol. The van der Waals surface area contributed by atoms with Crippen LogP contribution in [0, 0.1) is 0 Å². The molecule has 0 amide bonds. The Bertz CT molecular complexity index is 5450. The molecule has 0 aliphatic rings.